The third-order valence-electron chi connectivity index (χ3n) is 1.94. The fraction of sp³-hybridized carbons (Fsp3) is 0.250. The van der Waals surface area contributed by atoms with E-state index in [0.717, 1.165) is 5.82 Å². The van der Waals surface area contributed by atoms with Crippen LogP contribution < -0.4 is 10.6 Å². The summed E-state index contributed by atoms with van der Waals surface area (Å²) in [6.45, 7) is 0. The molecule has 0 aliphatic heterocycles. The highest BCUT2D eigenvalue weighted by molar-refractivity contribution is 6.02. The topological polar surface area (TPSA) is 96.0 Å². The Morgan fingerprint density at radius 1 is 1.43 bits per heavy atom. The van der Waals surface area contributed by atoms with Gasteiger partial charge in [0.15, 0.2) is 5.96 Å². The second-order valence-corrected chi connectivity index (χ2v) is 2.88. The summed E-state index contributed by atoms with van der Waals surface area (Å²) in [5, 5.41) is 14.9. The van der Waals surface area contributed by atoms with Gasteiger partial charge >= 0.3 is 0 Å². The second kappa shape index (κ2) is 3.82. The number of nitrogens with one attached hydrogen (secondary N) is 3. The molecule has 76 valence electrons. The van der Waals surface area contributed by atoms with Gasteiger partial charge in [-0.25, -0.2) is 0 Å². The average Bonchev–Trinajstić information content (AvgIpc) is 2.67. The van der Waals surface area contributed by atoms with Crippen molar-refractivity contribution in [2.45, 2.75) is 0 Å². The monoisotopic (exact) mass is 194 g/mol. The number of hydrogen-bond acceptors (Lipinski definition) is 2. The van der Waals surface area contributed by atoms with Gasteiger partial charge in [0.2, 0.25) is 5.96 Å². The first kappa shape index (κ1) is 10.1. The Kier molecular flexibility index (Phi) is 2.76. The molecule has 5 N–H and O–H groups in total. The summed E-state index contributed by atoms with van der Waals surface area (Å²) in [5.41, 5.74) is 5.26. The maximum Gasteiger partial charge on any atom is 0.205 e. The Balaban J connectivity index is 2.76. The van der Waals surface area contributed by atoms with Crippen LogP contribution in [0, 0.1) is 10.8 Å². The molecular weight excluding hydrogens is 180 g/mol. The first-order valence-electron chi connectivity index (χ1n) is 4.07. The van der Waals surface area contributed by atoms with Crippen LogP contribution in [0.3, 0.4) is 0 Å². The summed E-state index contributed by atoms with van der Waals surface area (Å²) in [6, 6.07) is 3.68. The molecule has 0 unspecified atom stereocenters. The molecule has 0 amide bonds. The Morgan fingerprint density at radius 3 is 2.50 bits per heavy atom. The van der Waals surface area contributed by atoms with Gasteiger partial charge in [0.1, 0.15) is 5.82 Å². The zero-order valence-corrected chi connectivity index (χ0v) is 8.20. The molecule has 0 bridgehead atoms. The molecule has 0 saturated heterocycles. The Labute approximate surface area is 82.3 Å². The third-order valence-corrected chi connectivity index (χ3v) is 1.94. The maximum atomic E-state index is 7.72. The minimum absolute atomic E-state index is 0.139. The molecule has 0 aliphatic rings. The van der Waals surface area contributed by atoms with Gasteiger partial charge < -0.3 is 15.6 Å². The molecule has 1 aromatic heterocycles. The van der Waals surface area contributed by atoms with Gasteiger partial charge in [-0.2, -0.15) is 0 Å². The highest BCUT2D eigenvalue weighted by Crippen LogP contribution is 2.08. The molecule has 0 fully saturated rings. The average molecular weight is 194 g/mol. The zero-order valence-electron chi connectivity index (χ0n) is 8.20. The first-order valence-corrected chi connectivity index (χ1v) is 4.07. The summed E-state index contributed by atoms with van der Waals surface area (Å²) < 4.78 is 0. The number of anilines is 1. The largest absolute Gasteiger partial charge is 0.370 e. The van der Waals surface area contributed by atoms with Crippen molar-refractivity contribution in [2.24, 2.45) is 5.73 Å². The molecule has 0 saturated carbocycles. The maximum absolute atomic E-state index is 7.72. The number of aromatic nitrogens is 1. The van der Waals surface area contributed by atoms with Crippen LogP contribution in [-0.2, 0) is 0 Å². The van der Waals surface area contributed by atoms with Gasteiger partial charge in [0, 0.05) is 20.3 Å². The quantitative estimate of drug-likeness (QED) is 0.380. The Hall–Kier alpha value is -1.98. The summed E-state index contributed by atoms with van der Waals surface area (Å²) >= 11 is 0. The lowest BCUT2D eigenvalue weighted by Gasteiger charge is -2.25. The van der Waals surface area contributed by atoms with Crippen molar-refractivity contribution in [3.63, 3.8) is 0 Å². The minimum atomic E-state index is -0.159. The van der Waals surface area contributed by atoms with Crippen molar-refractivity contribution in [2.75, 3.05) is 19.0 Å². The van der Waals surface area contributed by atoms with E-state index in [1.807, 2.05) is 12.1 Å². The number of aromatic amines is 1. The normalized spacial score (nSPS) is 9.57. The standard InChI is InChI=1S/C8H14N6/c1-13(6-4-3-5-12-6)8(11)14(2)7(9)10/h3-5,11-12H,1-2H3,(H3,9,10). The van der Waals surface area contributed by atoms with Crippen molar-refractivity contribution < 1.29 is 0 Å². The van der Waals surface area contributed by atoms with Crippen LogP contribution in [0.4, 0.5) is 5.82 Å². The minimum Gasteiger partial charge on any atom is -0.370 e. The van der Waals surface area contributed by atoms with Crippen LogP contribution in [0.2, 0.25) is 0 Å². The molecule has 6 nitrogen and oxygen atoms in total. The lowest BCUT2D eigenvalue weighted by Crippen LogP contribution is -2.45. The number of nitrogens with zero attached hydrogens (tertiary/aromatic N) is 2. The van der Waals surface area contributed by atoms with Crippen molar-refractivity contribution in [1.29, 1.82) is 10.8 Å². The van der Waals surface area contributed by atoms with E-state index in [1.54, 1.807) is 25.2 Å². The summed E-state index contributed by atoms with van der Waals surface area (Å²) in [6.07, 6.45) is 1.77. The number of rotatable bonds is 1. The van der Waals surface area contributed by atoms with Crippen LogP contribution in [0.25, 0.3) is 0 Å². The Bertz CT molecular complexity index is 328. The predicted molar refractivity (Wildman–Crippen MR) is 56.6 cm³/mol. The van der Waals surface area contributed by atoms with Crippen LogP contribution in [-0.4, -0.2) is 35.9 Å². The molecule has 1 rings (SSSR count). The predicted octanol–water partition coefficient (Wildman–Crippen LogP) is 0.211. The SMILES string of the molecule is CN(C(=N)N)C(=N)N(C)c1ccc[nH]1. The van der Waals surface area contributed by atoms with E-state index in [0.29, 0.717) is 0 Å². The van der Waals surface area contributed by atoms with Gasteiger partial charge in [-0.15, -0.1) is 0 Å². The summed E-state index contributed by atoms with van der Waals surface area (Å²) in [4.78, 5) is 5.84. The number of hydrogen-bond donors (Lipinski definition) is 4. The molecule has 1 heterocycles. The van der Waals surface area contributed by atoms with Crippen LogP contribution in [0.15, 0.2) is 18.3 Å². The number of H-pyrrole nitrogens is 1. The summed E-state index contributed by atoms with van der Waals surface area (Å²) in [5.74, 6) is 0.761. The van der Waals surface area contributed by atoms with Crippen molar-refractivity contribution >= 4 is 17.7 Å². The van der Waals surface area contributed by atoms with E-state index in [4.69, 9.17) is 16.6 Å². The van der Waals surface area contributed by atoms with Crippen LogP contribution >= 0.6 is 0 Å². The number of guanidine groups is 2. The van der Waals surface area contributed by atoms with E-state index < -0.39 is 0 Å². The molecule has 0 aliphatic carbocycles. The van der Waals surface area contributed by atoms with E-state index in [1.165, 1.54) is 4.90 Å². The Morgan fingerprint density at radius 2 is 2.07 bits per heavy atom. The molecule has 14 heavy (non-hydrogen) atoms. The highest BCUT2D eigenvalue weighted by Gasteiger charge is 2.13. The molecular formula is C8H14N6. The third kappa shape index (κ3) is 1.85. The zero-order chi connectivity index (χ0) is 10.7. The lowest BCUT2D eigenvalue weighted by atomic mass is 10.5. The first-order chi connectivity index (χ1) is 6.54. The van der Waals surface area contributed by atoms with Crippen molar-refractivity contribution in [3.05, 3.63) is 18.3 Å². The molecule has 0 aromatic carbocycles. The fourth-order valence-electron chi connectivity index (χ4n) is 0.983. The molecule has 0 atom stereocenters. The van der Waals surface area contributed by atoms with Crippen LogP contribution in [0.1, 0.15) is 0 Å². The van der Waals surface area contributed by atoms with Gasteiger partial charge in [-0.05, 0) is 12.1 Å². The van der Waals surface area contributed by atoms with Crippen LogP contribution in [0.5, 0.6) is 0 Å². The second-order valence-electron chi connectivity index (χ2n) is 2.88. The molecule has 0 spiro atoms. The molecule has 6 heteroatoms. The fourth-order valence-corrected chi connectivity index (χ4v) is 0.983. The van der Waals surface area contributed by atoms with E-state index in [9.17, 15) is 0 Å². The van der Waals surface area contributed by atoms with Crippen molar-refractivity contribution in [3.8, 4) is 0 Å². The molecule has 1 aromatic rings. The van der Waals surface area contributed by atoms with Crippen molar-refractivity contribution in [1.82, 2.24) is 9.88 Å². The smallest absolute Gasteiger partial charge is 0.205 e. The van der Waals surface area contributed by atoms with Gasteiger partial charge in [0.25, 0.3) is 0 Å². The highest BCUT2D eigenvalue weighted by atomic mass is 15.4. The van der Waals surface area contributed by atoms with Gasteiger partial charge in [-0.1, -0.05) is 0 Å². The lowest BCUT2D eigenvalue weighted by molar-refractivity contribution is 0.706. The van der Waals surface area contributed by atoms with Gasteiger partial charge in [0.05, 0.1) is 0 Å². The molecule has 0 radical (unpaired) electrons. The number of nitrogens with two attached hydrogens (primary N) is 1. The van der Waals surface area contributed by atoms with E-state index >= 15 is 0 Å². The van der Waals surface area contributed by atoms with E-state index in [-0.39, 0.29) is 11.9 Å². The van der Waals surface area contributed by atoms with Gasteiger partial charge in [-0.3, -0.25) is 15.7 Å². The summed E-state index contributed by atoms with van der Waals surface area (Å²) in [7, 11) is 3.30. The van der Waals surface area contributed by atoms with E-state index in [2.05, 4.69) is 4.98 Å².